The number of carbonyl (C=O) groups excluding carboxylic acids is 1. The summed E-state index contributed by atoms with van der Waals surface area (Å²) >= 11 is 2.60. The van der Waals surface area contributed by atoms with Crippen LogP contribution in [0.2, 0.25) is 0 Å². The number of nitrogens with zero attached hydrogens (tertiary/aromatic N) is 3. The van der Waals surface area contributed by atoms with Gasteiger partial charge in [0.05, 0.1) is 5.69 Å². The fourth-order valence-corrected chi connectivity index (χ4v) is 2.97. The molecule has 0 saturated heterocycles. The van der Waals surface area contributed by atoms with Crippen molar-refractivity contribution >= 4 is 34.5 Å². The lowest BCUT2D eigenvalue weighted by Crippen LogP contribution is -2.37. The summed E-state index contributed by atoms with van der Waals surface area (Å²) in [4.78, 5) is 16.0. The molecule has 0 radical (unpaired) electrons. The number of anilines is 1. The second-order valence-corrected chi connectivity index (χ2v) is 6.12. The Bertz CT molecular complexity index is 605. The summed E-state index contributed by atoms with van der Waals surface area (Å²) in [6.07, 6.45) is 2.55. The number of thioether (sulfide) groups is 1. The molecule has 2 aromatic rings. The van der Waals surface area contributed by atoms with Gasteiger partial charge in [0.15, 0.2) is 0 Å². The maximum atomic E-state index is 11.9. The van der Waals surface area contributed by atoms with E-state index in [1.165, 1.54) is 11.8 Å². The van der Waals surface area contributed by atoms with Crippen molar-refractivity contribution in [2.24, 2.45) is 0 Å². The second-order valence-electron chi connectivity index (χ2n) is 4.59. The molecule has 0 bridgehead atoms. The molecule has 2 N–H and O–H groups in total. The predicted octanol–water partition coefficient (Wildman–Crippen LogP) is 2.62. The number of aromatic nitrogens is 3. The summed E-state index contributed by atoms with van der Waals surface area (Å²) in [6.45, 7) is 5.69. The van der Waals surface area contributed by atoms with Crippen LogP contribution < -0.4 is 10.6 Å². The maximum Gasteiger partial charge on any atom is 0.321 e. The lowest BCUT2D eigenvalue weighted by Gasteiger charge is -2.13. The third kappa shape index (κ3) is 4.18. The van der Waals surface area contributed by atoms with Crippen molar-refractivity contribution in [3.8, 4) is 0 Å². The molecular formula is C12H17N5O2S2. The summed E-state index contributed by atoms with van der Waals surface area (Å²) in [7, 11) is 0. The summed E-state index contributed by atoms with van der Waals surface area (Å²) in [6, 6.07) is -0.340. The number of hydrogen-bond acceptors (Lipinski definition) is 7. The maximum absolute atomic E-state index is 11.9. The van der Waals surface area contributed by atoms with Crippen molar-refractivity contribution in [3.63, 3.8) is 0 Å². The van der Waals surface area contributed by atoms with E-state index >= 15 is 0 Å². The Hall–Kier alpha value is -1.61. The molecule has 21 heavy (non-hydrogen) atoms. The lowest BCUT2D eigenvalue weighted by atomic mass is 10.1. The van der Waals surface area contributed by atoms with Crippen molar-refractivity contribution in [1.29, 1.82) is 0 Å². The Morgan fingerprint density at radius 1 is 1.48 bits per heavy atom. The van der Waals surface area contributed by atoms with Gasteiger partial charge in [-0.2, -0.15) is 9.36 Å². The average Bonchev–Trinajstić information content (AvgIpc) is 3.00. The van der Waals surface area contributed by atoms with Crippen LogP contribution in [0.15, 0.2) is 9.68 Å². The molecule has 7 nitrogen and oxygen atoms in total. The van der Waals surface area contributed by atoms with Gasteiger partial charge in [-0.05, 0) is 33.4 Å². The number of amides is 2. The summed E-state index contributed by atoms with van der Waals surface area (Å²) < 4.78 is 9.20. The number of rotatable bonds is 5. The molecule has 2 aromatic heterocycles. The number of nitrogens with one attached hydrogen (secondary N) is 2. The predicted molar refractivity (Wildman–Crippen MR) is 83.0 cm³/mol. The molecule has 0 aliphatic heterocycles. The minimum Gasteiger partial charge on any atom is -0.361 e. The van der Waals surface area contributed by atoms with E-state index in [4.69, 9.17) is 4.52 Å². The summed E-state index contributed by atoms with van der Waals surface area (Å²) in [5.74, 6) is 0.787. The lowest BCUT2D eigenvalue weighted by molar-refractivity contribution is 0.249. The molecule has 2 amide bonds. The molecule has 0 aliphatic carbocycles. The van der Waals surface area contributed by atoms with Crippen LogP contribution in [0.3, 0.4) is 0 Å². The van der Waals surface area contributed by atoms with Gasteiger partial charge in [0.2, 0.25) is 10.3 Å². The summed E-state index contributed by atoms with van der Waals surface area (Å²) in [5, 5.41) is 10.6. The van der Waals surface area contributed by atoms with Gasteiger partial charge in [-0.3, -0.25) is 5.32 Å². The standard InChI is InChI=1S/C12H17N5O2S2/c1-6(5-9-7(2)16-19-8(9)3)13-10(18)14-11-15-12(20-4)17-21-11/h6H,5H2,1-4H3,(H2,13,14,15,17,18). The van der Waals surface area contributed by atoms with Gasteiger partial charge in [-0.15, -0.1) is 0 Å². The van der Waals surface area contributed by atoms with Crippen LogP contribution in [0.5, 0.6) is 0 Å². The first-order chi connectivity index (χ1) is 9.99. The number of aryl methyl sites for hydroxylation is 2. The van der Waals surface area contributed by atoms with Gasteiger partial charge in [-0.25, -0.2) is 4.79 Å². The monoisotopic (exact) mass is 327 g/mol. The zero-order chi connectivity index (χ0) is 15.4. The largest absolute Gasteiger partial charge is 0.361 e. The van der Waals surface area contributed by atoms with E-state index in [2.05, 4.69) is 25.1 Å². The Labute approximate surface area is 131 Å². The van der Waals surface area contributed by atoms with Crippen molar-refractivity contribution in [1.82, 2.24) is 19.8 Å². The van der Waals surface area contributed by atoms with Crippen LogP contribution in [0.4, 0.5) is 9.93 Å². The van der Waals surface area contributed by atoms with Gasteiger partial charge in [0, 0.05) is 23.1 Å². The fraction of sp³-hybridized carbons (Fsp3) is 0.500. The van der Waals surface area contributed by atoms with Crippen molar-refractivity contribution in [3.05, 3.63) is 17.0 Å². The van der Waals surface area contributed by atoms with Crippen LogP contribution in [-0.4, -0.2) is 32.8 Å². The van der Waals surface area contributed by atoms with E-state index < -0.39 is 0 Å². The first kappa shape index (κ1) is 15.8. The minimum absolute atomic E-state index is 0.0465. The zero-order valence-corrected chi connectivity index (χ0v) is 13.9. The van der Waals surface area contributed by atoms with E-state index in [0.717, 1.165) is 28.6 Å². The molecule has 2 rings (SSSR count). The molecule has 114 valence electrons. The van der Waals surface area contributed by atoms with E-state index in [-0.39, 0.29) is 12.1 Å². The number of carbonyl (C=O) groups is 1. The van der Waals surface area contributed by atoms with Gasteiger partial charge in [-0.1, -0.05) is 16.9 Å². The second kappa shape index (κ2) is 6.90. The Balaban J connectivity index is 1.87. The first-order valence-electron chi connectivity index (χ1n) is 6.36. The molecule has 0 fully saturated rings. The van der Waals surface area contributed by atoms with Crippen molar-refractivity contribution < 1.29 is 9.32 Å². The highest BCUT2D eigenvalue weighted by molar-refractivity contribution is 7.98. The van der Waals surface area contributed by atoms with E-state index in [1.807, 2.05) is 27.0 Å². The van der Waals surface area contributed by atoms with Gasteiger partial charge in [0.25, 0.3) is 0 Å². The Kier molecular flexibility index (Phi) is 5.18. The topological polar surface area (TPSA) is 92.9 Å². The van der Waals surface area contributed by atoms with E-state index in [9.17, 15) is 4.79 Å². The average molecular weight is 327 g/mol. The highest BCUT2D eigenvalue weighted by atomic mass is 32.2. The van der Waals surface area contributed by atoms with E-state index in [1.54, 1.807) is 0 Å². The number of urea groups is 1. The third-order valence-electron chi connectivity index (χ3n) is 2.88. The van der Waals surface area contributed by atoms with Gasteiger partial charge < -0.3 is 9.84 Å². The van der Waals surface area contributed by atoms with Crippen LogP contribution in [-0.2, 0) is 6.42 Å². The smallest absolute Gasteiger partial charge is 0.321 e. The third-order valence-corrected chi connectivity index (χ3v) is 4.17. The molecule has 0 aliphatic rings. The first-order valence-corrected chi connectivity index (χ1v) is 8.36. The molecule has 0 saturated carbocycles. The SMILES string of the molecule is CSc1nsc(NC(=O)NC(C)Cc2c(C)noc2C)n1. The Morgan fingerprint density at radius 2 is 2.24 bits per heavy atom. The van der Waals surface area contributed by atoms with Crippen LogP contribution in [0, 0.1) is 13.8 Å². The normalized spacial score (nSPS) is 12.2. The zero-order valence-electron chi connectivity index (χ0n) is 12.3. The van der Waals surface area contributed by atoms with Crippen molar-refractivity contribution in [2.45, 2.75) is 38.4 Å². The van der Waals surface area contributed by atoms with Crippen LogP contribution in [0.25, 0.3) is 0 Å². The number of hydrogen-bond donors (Lipinski definition) is 2. The highest BCUT2D eigenvalue weighted by Crippen LogP contribution is 2.17. The molecule has 0 spiro atoms. The molecule has 1 atom stereocenters. The quantitative estimate of drug-likeness (QED) is 0.820. The summed E-state index contributed by atoms with van der Waals surface area (Å²) in [5.41, 5.74) is 1.89. The molecular weight excluding hydrogens is 310 g/mol. The van der Waals surface area contributed by atoms with Gasteiger partial charge in [0.1, 0.15) is 5.76 Å². The fourth-order valence-electron chi connectivity index (χ4n) is 1.85. The molecule has 0 aromatic carbocycles. The Morgan fingerprint density at radius 3 is 2.81 bits per heavy atom. The molecule has 2 heterocycles. The van der Waals surface area contributed by atoms with Crippen LogP contribution in [0.1, 0.15) is 23.9 Å². The minimum atomic E-state index is -0.293. The molecule has 1 unspecified atom stereocenters. The van der Waals surface area contributed by atoms with Crippen LogP contribution >= 0.6 is 23.3 Å². The molecule has 9 heteroatoms. The highest BCUT2D eigenvalue weighted by Gasteiger charge is 2.15. The van der Waals surface area contributed by atoms with Crippen molar-refractivity contribution in [2.75, 3.05) is 11.6 Å². The van der Waals surface area contributed by atoms with Gasteiger partial charge >= 0.3 is 6.03 Å². The van der Waals surface area contributed by atoms with E-state index in [0.29, 0.717) is 16.7 Å².